The van der Waals surface area contributed by atoms with Crippen LogP contribution >= 0.6 is 11.3 Å². The maximum atomic E-state index is 13.5. The average Bonchev–Trinajstić information content (AvgIpc) is 3.14. The third-order valence-corrected chi connectivity index (χ3v) is 6.94. The van der Waals surface area contributed by atoms with E-state index in [2.05, 4.69) is 10.3 Å². The molecule has 2 heterocycles. The summed E-state index contributed by atoms with van der Waals surface area (Å²) in [7, 11) is 0. The normalized spacial score (nSPS) is 12.0. The summed E-state index contributed by atoms with van der Waals surface area (Å²) in [6, 6.07) is 12.7. The molecule has 1 N–H and O–H groups in total. The van der Waals surface area contributed by atoms with E-state index in [4.69, 9.17) is 4.74 Å². The molecule has 7 heteroatoms. The number of carbonyl (C=O) groups excluding carboxylic acids is 1. The minimum Gasteiger partial charge on any atom is -0.494 e. The van der Waals surface area contributed by atoms with E-state index in [1.165, 1.54) is 22.2 Å². The average molecular weight is 462 g/mol. The van der Waals surface area contributed by atoms with E-state index in [-0.39, 0.29) is 11.5 Å². The molecule has 2 aromatic heterocycles. The molecule has 4 aromatic rings. The van der Waals surface area contributed by atoms with Crippen LogP contribution in [-0.4, -0.2) is 22.1 Å². The Hall–Kier alpha value is -3.45. The second-order valence-corrected chi connectivity index (χ2v) is 9.24. The summed E-state index contributed by atoms with van der Waals surface area (Å²) < 4.78 is 6.95. The van der Waals surface area contributed by atoms with Gasteiger partial charge in [-0.1, -0.05) is 24.3 Å². The Morgan fingerprint density at radius 3 is 2.58 bits per heavy atom. The molecule has 33 heavy (non-hydrogen) atoms. The second kappa shape index (κ2) is 9.19. The van der Waals surface area contributed by atoms with Crippen molar-refractivity contribution in [3.05, 3.63) is 75.1 Å². The number of hydrogen-bond acceptors (Lipinski definition) is 5. The molecule has 1 amide bonds. The molecular formula is C26H27N3O3S. The van der Waals surface area contributed by atoms with E-state index < -0.39 is 6.04 Å². The van der Waals surface area contributed by atoms with Crippen LogP contribution in [0.1, 0.15) is 35.9 Å². The number of thiophene rings is 1. The lowest BCUT2D eigenvalue weighted by Crippen LogP contribution is -2.32. The molecule has 0 aliphatic rings. The number of rotatable bonds is 6. The van der Waals surface area contributed by atoms with Crippen LogP contribution in [0.4, 0.5) is 5.69 Å². The van der Waals surface area contributed by atoms with Gasteiger partial charge in [0.1, 0.15) is 16.6 Å². The van der Waals surface area contributed by atoms with Gasteiger partial charge in [-0.3, -0.25) is 14.2 Å². The number of anilines is 1. The van der Waals surface area contributed by atoms with Gasteiger partial charge in [-0.15, -0.1) is 11.3 Å². The first kappa shape index (κ1) is 22.7. The number of hydrogen-bond donors (Lipinski definition) is 1. The number of fused-ring (bicyclic) bond motifs is 1. The largest absolute Gasteiger partial charge is 0.494 e. The first-order valence-corrected chi connectivity index (χ1v) is 11.7. The van der Waals surface area contributed by atoms with Crippen molar-refractivity contribution in [1.82, 2.24) is 9.55 Å². The molecule has 1 unspecified atom stereocenters. The minimum absolute atomic E-state index is 0.225. The molecule has 6 nitrogen and oxygen atoms in total. The molecule has 0 aliphatic carbocycles. The highest BCUT2D eigenvalue weighted by Gasteiger charge is 2.22. The van der Waals surface area contributed by atoms with Gasteiger partial charge >= 0.3 is 0 Å². The smallest absolute Gasteiger partial charge is 0.263 e. The highest BCUT2D eigenvalue weighted by atomic mass is 32.1. The van der Waals surface area contributed by atoms with E-state index in [0.717, 1.165) is 38.6 Å². The summed E-state index contributed by atoms with van der Waals surface area (Å²) in [6.45, 7) is 10.2. The van der Waals surface area contributed by atoms with Crippen molar-refractivity contribution in [2.45, 2.75) is 40.7 Å². The Kier molecular flexibility index (Phi) is 6.33. The second-order valence-electron chi connectivity index (χ2n) is 8.04. The van der Waals surface area contributed by atoms with Crippen molar-refractivity contribution in [2.75, 3.05) is 11.9 Å². The first-order chi connectivity index (χ1) is 15.8. The topological polar surface area (TPSA) is 73.2 Å². The Morgan fingerprint density at radius 2 is 1.88 bits per heavy atom. The Labute approximate surface area is 196 Å². The number of ether oxygens (including phenoxy) is 1. The zero-order valence-corrected chi connectivity index (χ0v) is 20.2. The number of carbonyl (C=O) groups is 1. The summed E-state index contributed by atoms with van der Waals surface area (Å²) in [4.78, 5) is 32.7. The van der Waals surface area contributed by atoms with Crippen LogP contribution in [0, 0.1) is 20.8 Å². The zero-order valence-electron chi connectivity index (χ0n) is 19.4. The maximum Gasteiger partial charge on any atom is 0.263 e. The highest BCUT2D eigenvalue weighted by Crippen LogP contribution is 2.36. The third kappa shape index (κ3) is 4.28. The van der Waals surface area contributed by atoms with Crippen LogP contribution in [0.3, 0.4) is 0 Å². The number of nitrogens with one attached hydrogen (secondary N) is 1. The van der Waals surface area contributed by atoms with Gasteiger partial charge in [0.2, 0.25) is 5.91 Å². The van der Waals surface area contributed by atoms with Gasteiger partial charge < -0.3 is 10.1 Å². The van der Waals surface area contributed by atoms with Crippen molar-refractivity contribution in [2.24, 2.45) is 0 Å². The van der Waals surface area contributed by atoms with E-state index in [1.54, 1.807) is 6.92 Å². The molecule has 2 aromatic carbocycles. The molecule has 0 fully saturated rings. The van der Waals surface area contributed by atoms with E-state index >= 15 is 0 Å². The number of aryl methyl sites for hydroxylation is 2. The number of nitrogens with zero attached hydrogens (tertiary/aromatic N) is 2. The SMILES string of the molecule is CCOc1ccc(-c2c(C)sc3ncn(C(C)C(=O)Nc4cccc(C)c4C)c(=O)c23)cc1. The standard InChI is InChI=1S/C26H27N3O3S/c1-6-32-20-12-10-19(11-13-20)22-18(5)33-25-23(22)26(31)29(14-27-25)17(4)24(30)28-21-9-7-8-15(2)16(21)3/h7-14,17H,6H2,1-5H3,(H,28,30). The Balaban J connectivity index is 1.73. The summed E-state index contributed by atoms with van der Waals surface area (Å²) in [5.74, 6) is 0.521. The van der Waals surface area contributed by atoms with E-state index in [0.29, 0.717) is 16.8 Å². The summed E-state index contributed by atoms with van der Waals surface area (Å²) >= 11 is 1.48. The van der Waals surface area contributed by atoms with Crippen LogP contribution in [0.2, 0.25) is 0 Å². The fourth-order valence-corrected chi connectivity index (χ4v) is 4.88. The number of benzene rings is 2. The highest BCUT2D eigenvalue weighted by molar-refractivity contribution is 7.19. The third-order valence-electron chi connectivity index (χ3n) is 5.93. The fourth-order valence-electron chi connectivity index (χ4n) is 3.87. The van der Waals surface area contributed by atoms with Crippen molar-refractivity contribution < 1.29 is 9.53 Å². The van der Waals surface area contributed by atoms with Crippen molar-refractivity contribution >= 4 is 33.1 Å². The predicted octanol–water partition coefficient (Wildman–Crippen LogP) is 5.65. The van der Waals surface area contributed by atoms with Crippen LogP contribution in [0.15, 0.2) is 53.6 Å². The van der Waals surface area contributed by atoms with E-state index in [1.807, 2.05) is 70.2 Å². The van der Waals surface area contributed by atoms with Crippen LogP contribution in [0.25, 0.3) is 21.3 Å². The lowest BCUT2D eigenvalue weighted by Gasteiger charge is -2.17. The molecule has 0 spiro atoms. The van der Waals surface area contributed by atoms with E-state index in [9.17, 15) is 9.59 Å². The van der Waals surface area contributed by atoms with Gasteiger partial charge in [0.25, 0.3) is 5.56 Å². The monoisotopic (exact) mass is 461 g/mol. The van der Waals surface area contributed by atoms with Gasteiger partial charge in [-0.2, -0.15) is 0 Å². The van der Waals surface area contributed by atoms with Crippen LogP contribution in [-0.2, 0) is 4.79 Å². The quantitative estimate of drug-likeness (QED) is 0.403. The molecule has 0 saturated carbocycles. The van der Waals surface area contributed by atoms with Gasteiger partial charge in [-0.25, -0.2) is 4.98 Å². The number of aromatic nitrogens is 2. The Morgan fingerprint density at radius 1 is 1.15 bits per heavy atom. The fraction of sp³-hybridized carbons (Fsp3) is 0.269. The lowest BCUT2D eigenvalue weighted by atomic mass is 10.0. The zero-order chi connectivity index (χ0) is 23.7. The summed E-state index contributed by atoms with van der Waals surface area (Å²) in [5.41, 5.74) is 4.39. The summed E-state index contributed by atoms with van der Waals surface area (Å²) in [5, 5.41) is 3.49. The number of amides is 1. The Bertz CT molecular complexity index is 1390. The van der Waals surface area contributed by atoms with Crippen molar-refractivity contribution in [1.29, 1.82) is 0 Å². The van der Waals surface area contributed by atoms with Crippen molar-refractivity contribution in [3.8, 4) is 16.9 Å². The molecule has 4 rings (SSSR count). The van der Waals surface area contributed by atoms with Gasteiger partial charge in [0, 0.05) is 16.1 Å². The molecule has 0 bridgehead atoms. The molecule has 0 aliphatic heterocycles. The maximum absolute atomic E-state index is 13.5. The van der Waals surface area contributed by atoms with Gasteiger partial charge in [0.05, 0.1) is 18.3 Å². The predicted molar refractivity (Wildman–Crippen MR) is 134 cm³/mol. The van der Waals surface area contributed by atoms with Gasteiger partial charge in [0.15, 0.2) is 0 Å². The van der Waals surface area contributed by atoms with Crippen LogP contribution in [0.5, 0.6) is 5.75 Å². The molecular weight excluding hydrogens is 434 g/mol. The summed E-state index contributed by atoms with van der Waals surface area (Å²) in [6.07, 6.45) is 1.47. The van der Waals surface area contributed by atoms with Crippen molar-refractivity contribution in [3.63, 3.8) is 0 Å². The lowest BCUT2D eigenvalue weighted by molar-refractivity contribution is -0.118. The van der Waals surface area contributed by atoms with Crippen LogP contribution < -0.4 is 15.6 Å². The van der Waals surface area contributed by atoms with Gasteiger partial charge in [-0.05, 0) is 69.5 Å². The molecule has 170 valence electrons. The molecule has 1 atom stereocenters. The molecule has 0 saturated heterocycles. The first-order valence-electron chi connectivity index (χ1n) is 10.9. The molecule has 0 radical (unpaired) electrons. The minimum atomic E-state index is -0.720.